The number of carbonyl (C=O) groups is 1. The van der Waals surface area contributed by atoms with E-state index in [1.165, 1.54) is 28.6 Å². The lowest BCUT2D eigenvalue weighted by Crippen LogP contribution is -2.56. The number of hydrogen-bond acceptors (Lipinski definition) is 5. The van der Waals surface area contributed by atoms with Crippen LogP contribution in [-0.2, 0) is 21.4 Å². The number of sulfonamides is 1. The Morgan fingerprint density at radius 2 is 1.94 bits per heavy atom. The molecule has 2 aromatic carbocycles. The molecule has 10 heteroatoms. The van der Waals surface area contributed by atoms with E-state index in [0.717, 1.165) is 19.5 Å². The van der Waals surface area contributed by atoms with Crippen molar-refractivity contribution in [1.29, 1.82) is 0 Å². The number of nitrogens with one attached hydrogen (secondary N) is 1. The van der Waals surface area contributed by atoms with Crippen molar-refractivity contribution in [2.75, 3.05) is 19.6 Å². The molecule has 1 N–H and O–H groups in total. The summed E-state index contributed by atoms with van der Waals surface area (Å²) >= 11 is 5.80. The third-order valence-electron chi connectivity index (χ3n) is 6.52. The molecule has 1 saturated heterocycles. The minimum atomic E-state index is -3.88. The first kappa shape index (κ1) is 26.3. The molecule has 2 heterocycles. The predicted octanol–water partition coefficient (Wildman–Crippen LogP) is 4.00. The smallest absolute Gasteiger partial charge is 0.247 e. The fourth-order valence-electron chi connectivity index (χ4n) is 4.21. The zero-order chi connectivity index (χ0) is 26.1. The Hall–Kier alpha value is -2.75. The summed E-state index contributed by atoms with van der Waals surface area (Å²) in [4.78, 5) is 19.5. The molecule has 0 unspecified atom stereocenters. The van der Waals surface area contributed by atoms with Gasteiger partial charge in [0, 0.05) is 26.2 Å². The Morgan fingerprint density at radius 3 is 2.56 bits per heavy atom. The van der Waals surface area contributed by atoms with E-state index >= 15 is 0 Å². The molecule has 0 saturated carbocycles. The number of rotatable bonds is 9. The molecular formula is C26H30ClFN4O3S. The van der Waals surface area contributed by atoms with Crippen LogP contribution in [0.3, 0.4) is 0 Å². The van der Waals surface area contributed by atoms with Crippen molar-refractivity contribution in [1.82, 2.24) is 14.5 Å². The zero-order valence-corrected chi connectivity index (χ0v) is 21.9. The Morgan fingerprint density at radius 1 is 1.25 bits per heavy atom. The standard InChI is InChI=1S/C26H30ClFN4O3S/c1-18(24-29-23(26(2,3)30-24)25(33)31-13-7-14-31)12-15-32(17-19-10-11-21(27)22(28)16-19)36(34,35)20-8-5-4-6-9-20/h4-6,8-11,16,23H,1,7,12-15,17H2,2-3H3,(H,29,30)/t23-/m0/s1. The normalized spacial score (nSPS) is 19.0. The van der Waals surface area contributed by atoms with Crippen molar-refractivity contribution in [3.63, 3.8) is 0 Å². The predicted molar refractivity (Wildman–Crippen MR) is 139 cm³/mol. The highest BCUT2D eigenvalue weighted by molar-refractivity contribution is 7.89. The highest BCUT2D eigenvalue weighted by Crippen LogP contribution is 2.27. The van der Waals surface area contributed by atoms with Gasteiger partial charge in [0.15, 0.2) is 0 Å². The monoisotopic (exact) mass is 532 g/mol. The van der Waals surface area contributed by atoms with Crippen LogP contribution in [0.1, 0.15) is 32.3 Å². The van der Waals surface area contributed by atoms with E-state index in [1.54, 1.807) is 29.2 Å². The summed E-state index contributed by atoms with van der Waals surface area (Å²) in [6, 6.07) is 11.8. The van der Waals surface area contributed by atoms with Gasteiger partial charge in [-0.25, -0.2) is 12.8 Å². The van der Waals surface area contributed by atoms with Crippen molar-refractivity contribution < 1.29 is 17.6 Å². The second-order valence-electron chi connectivity index (χ2n) is 9.62. The van der Waals surface area contributed by atoms with Crippen LogP contribution >= 0.6 is 11.6 Å². The molecule has 0 aliphatic carbocycles. The van der Waals surface area contributed by atoms with E-state index in [9.17, 15) is 17.6 Å². The van der Waals surface area contributed by atoms with Gasteiger partial charge in [-0.3, -0.25) is 9.79 Å². The van der Waals surface area contributed by atoms with Gasteiger partial charge in [-0.2, -0.15) is 4.31 Å². The summed E-state index contributed by atoms with van der Waals surface area (Å²) in [6.07, 6.45) is 1.28. The van der Waals surface area contributed by atoms with Gasteiger partial charge < -0.3 is 10.2 Å². The summed E-state index contributed by atoms with van der Waals surface area (Å²) in [5.41, 5.74) is 0.416. The summed E-state index contributed by atoms with van der Waals surface area (Å²) in [5.74, 6) is -0.0930. The fourth-order valence-corrected chi connectivity index (χ4v) is 5.78. The van der Waals surface area contributed by atoms with Gasteiger partial charge in [0.25, 0.3) is 0 Å². The van der Waals surface area contributed by atoms with Crippen LogP contribution in [0.4, 0.5) is 4.39 Å². The van der Waals surface area contributed by atoms with Gasteiger partial charge in [0.2, 0.25) is 15.9 Å². The number of hydrogen-bond donors (Lipinski definition) is 1. The van der Waals surface area contributed by atoms with Crippen LogP contribution in [0, 0.1) is 5.82 Å². The Kier molecular flexibility index (Phi) is 7.54. The molecule has 2 aromatic rings. The average molecular weight is 533 g/mol. The first-order valence-electron chi connectivity index (χ1n) is 11.8. The third kappa shape index (κ3) is 5.48. The molecule has 2 aliphatic rings. The fraction of sp³-hybridized carbons (Fsp3) is 0.385. The molecule has 2 aliphatic heterocycles. The number of amides is 1. The number of benzene rings is 2. The molecule has 7 nitrogen and oxygen atoms in total. The van der Waals surface area contributed by atoms with Crippen molar-refractivity contribution in [3.05, 3.63) is 77.1 Å². The van der Waals surface area contributed by atoms with E-state index < -0.39 is 27.4 Å². The SMILES string of the molecule is C=C(CCN(Cc1ccc(Cl)c(F)c1)S(=O)(=O)c1ccccc1)C1=NC(C)(C)[C@H](C(=O)N2CCC2)N1. The number of nitrogens with zero attached hydrogens (tertiary/aromatic N) is 3. The lowest BCUT2D eigenvalue weighted by atomic mass is 9.94. The van der Waals surface area contributed by atoms with Gasteiger partial charge in [-0.1, -0.05) is 42.4 Å². The second-order valence-corrected chi connectivity index (χ2v) is 12.0. The van der Waals surface area contributed by atoms with Crippen LogP contribution in [0.25, 0.3) is 0 Å². The van der Waals surface area contributed by atoms with E-state index in [1.807, 2.05) is 13.8 Å². The molecule has 4 rings (SSSR count). The molecular weight excluding hydrogens is 503 g/mol. The first-order valence-corrected chi connectivity index (χ1v) is 13.6. The number of amidine groups is 1. The van der Waals surface area contributed by atoms with Crippen LogP contribution < -0.4 is 5.32 Å². The van der Waals surface area contributed by atoms with Gasteiger partial charge in [0.1, 0.15) is 17.7 Å². The molecule has 1 atom stereocenters. The van der Waals surface area contributed by atoms with Gasteiger partial charge in [-0.15, -0.1) is 0 Å². The van der Waals surface area contributed by atoms with E-state index in [-0.39, 0.29) is 35.3 Å². The topological polar surface area (TPSA) is 82.1 Å². The maximum absolute atomic E-state index is 14.1. The molecule has 1 fully saturated rings. The minimum absolute atomic E-state index is 0.0100. The molecule has 0 radical (unpaired) electrons. The van der Waals surface area contributed by atoms with Crippen LogP contribution in [0.2, 0.25) is 5.02 Å². The maximum atomic E-state index is 14.1. The first-order chi connectivity index (χ1) is 17.0. The number of aliphatic imine (C=N–C) groups is 1. The van der Waals surface area contributed by atoms with E-state index in [2.05, 4.69) is 11.9 Å². The Balaban J connectivity index is 1.51. The van der Waals surface area contributed by atoms with Crippen LogP contribution in [0.15, 0.2) is 70.6 Å². The van der Waals surface area contributed by atoms with E-state index in [4.69, 9.17) is 16.6 Å². The summed E-state index contributed by atoms with van der Waals surface area (Å²) in [6.45, 7) is 9.45. The molecule has 0 bridgehead atoms. The van der Waals surface area contributed by atoms with Crippen LogP contribution in [-0.4, -0.2) is 60.6 Å². The van der Waals surface area contributed by atoms with Gasteiger partial charge >= 0.3 is 0 Å². The van der Waals surface area contributed by atoms with Crippen molar-refractivity contribution in [2.45, 2.75) is 49.7 Å². The molecule has 1 amide bonds. The van der Waals surface area contributed by atoms with Gasteiger partial charge in [0.05, 0.1) is 15.5 Å². The van der Waals surface area contributed by atoms with Crippen molar-refractivity contribution >= 4 is 33.4 Å². The highest BCUT2D eigenvalue weighted by Gasteiger charge is 2.44. The molecule has 0 aromatic heterocycles. The molecule has 36 heavy (non-hydrogen) atoms. The van der Waals surface area contributed by atoms with Crippen LogP contribution in [0.5, 0.6) is 0 Å². The Bertz CT molecular complexity index is 1290. The lowest BCUT2D eigenvalue weighted by Gasteiger charge is -2.36. The van der Waals surface area contributed by atoms with Crippen molar-refractivity contribution in [2.24, 2.45) is 4.99 Å². The number of likely N-dealkylation sites (tertiary alicyclic amines) is 1. The van der Waals surface area contributed by atoms with Gasteiger partial charge in [-0.05, 0) is 62.1 Å². The largest absolute Gasteiger partial charge is 0.357 e. The molecule has 0 spiro atoms. The summed E-state index contributed by atoms with van der Waals surface area (Å²) < 4.78 is 42.3. The number of carbonyl (C=O) groups excluding carboxylic acids is 1. The second kappa shape index (κ2) is 10.3. The third-order valence-corrected chi connectivity index (χ3v) is 8.69. The quantitative estimate of drug-likeness (QED) is 0.529. The maximum Gasteiger partial charge on any atom is 0.247 e. The van der Waals surface area contributed by atoms with E-state index in [0.29, 0.717) is 17.0 Å². The zero-order valence-electron chi connectivity index (χ0n) is 20.4. The summed E-state index contributed by atoms with van der Waals surface area (Å²) in [5, 5.41) is 3.19. The highest BCUT2D eigenvalue weighted by atomic mass is 35.5. The van der Waals surface area contributed by atoms with Crippen molar-refractivity contribution in [3.8, 4) is 0 Å². The minimum Gasteiger partial charge on any atom is -0.357 e. The molecule has 192 valence electrons. The number of halogens is 2. The summed E-state index contributed by atoms with van der Waals surface area (Å²) in [7, 11) is -3.88. The lowest BCUT2D eigenvalue weighted by molar-refractivity contribution is -0.137. The Labute approximate surface area is 216 Å². The average Bonchev–Trinajstić information content (AvgIpc) is 3.13.